The first-order chi connectivity index (χ1) is 12.1. The summed E-state index contributed by atoms with van der Waals surface area (Å²) >= 11 is 0. The Hall–Kier alpha value is -3.00. The van der Waals surface area contributed by atoms with Crippen LogP contribution in [0.25, 0.3) is 5.69 Å². The van der Waals surface area contributed by atoms with Crippen molar-refractivity contribution < 1.29 is 9.90 Å². The van der Waals surface area contributed by atoms with Crippen LogP contribution in [-0.4, -0.2) is 59.4 Å². The van der Waals surface area contributed by atoms with E-state index in [-0.39, 0.29) is 12.5 Å². The van der Waals surface area contributed by atoms with Gasteiger partial charge in [0.1, 0.15) is 5.60 Å². The van der Waals surface area contributed by atoms with E-state index in [1.807, 2.05) is 24.4 Å². The maximum atomic E-state index is 12.7. The van der Waals surface area contributed by atoms with Gasteiger partial charge in [-0.05, 0) is 36.8 Å². The molecule has 1 atom stereocenters. The molecule has 4 rings (SSSR count). The van der Waals surface area contributed by atoms with Crippen LogP contribution in [0.15, 0.2) is 55.1 Å². The number of likely N-dealkylation sites (tertiary alicyclic amines) is 1. The molecular weight excluding hydrogens is 320 g/mol. The summed E-state index contributed by atoms with van der Waals surface area (Å²) in [6, 6.07) is 9.14. The standard InChI is InChI=1S/C17H18N6O2/c24-16(14-2-4-15(5-3-14)23-9-1-7-19-23)21-10-6-17(25,12-21)13-22-11-8-18-20-22/h1-5,7-9,11,25H,6,10,12-13H2. The van der Waals surface area contributed by atoms with E-state index in [0.29, 0.717) is 25.1 Å². The van der Waals surface area contributed by atoms with Crippen molar-refractivity contribution in [1.29, 1.82) is 0 Å². The van der Waals surface area contributed by atoms with E-state index in [1.165, 1.54) is 0 Å². The largest absolute Gasteiger partial charge is 0.386 e. The van der Waals surface area contributed by atoms with Crippen molar-refractivity contribution in [2.24, 2.45) is 0 Å². The van der Waals surface area contributed by atoms with Crippen molar-refractivity contribution in [3.05, 3.63) is 60.7 Å². The van der Waals surface area contributed by atoms with Gasteiger partial charge in [0.2, 0.25) is 0 Å². The molecule has 128 valence electrons. The molecule has 1 aliphatic heterocycles. The maximum Gasteiger partial charge on any atom is 0.253 e. The number of benzene rings is 1. The summed E-state index contributed by atoms with van der Waals surface area (Å²) in [6.07, 6.45) is 7.35. The smallest absolute Gasteiger partial charge is 0.253 e. The molecule has 0 bridgehead atoms. The minimum atomic E-state index is -0.974. The zero-order valence-electron chi connectivity index (χ0n) is 13.6. The van der Waals surface area contributed by atoms with Gasteiger partial charge in [-0.2, -0.15) is 5.10 Å². The van der Waals surface area contributed by atoms with E-state index in [9.17, 15) is 9.90 Å². The topological polar surface area (TPSA) is 89.1 Å². The SMILES string of the molecule is O=C(c1ccc(-n2cccn2)cc1)N1CCC(O)(Cn2ccnn2)C1. The molecule has 0 aliphatic carbocycles. The number of aromatic nitrogens is 5. The van der Waals surface area contributed by atoms with Crippen LogP contribution < -0.4 is 0 Å². The van der Waals surface area contributed by atoms with Crippen LogP contribution in [0.2, 0.25) is 0 Å². The zero-order valence-corrected chi connectivity index (χ0v) is 13.6. The third kappa shape index (κ3) is 3.16. The lowest BCUT2D eigenvalue weighted by atomic mass is 10.0. The van der Waals surface area contributed by atoms with Gasteiger partial charge in [-0.15, -0.1) is 5.10 Å². The average molecular weight is 338 g/mol. The van der Waals surface area contributed by atoms with Gasteiger partial charge < -0.3 is 10.0 Å². The van der Waals surface area contributed by atoms with Gasteiger partial charge in [-0.1, -0.05) is 5.21 Å². The van der Waals surface area contributed by atoms with Gasteiger partial charge in [0.25, 0.3) is 5.91 Å². The van der Waals surface area contributed by atoms with Gasteiger partial charge in [0.05, 0.1) is 25.0 Å². The Morgan fingerprint density at radius 1 is 1.20 bits per heavy atom. The van der Waals surface area contributed by atoms with Gasteiger partial charge in [-0.25, -0.2) is 9.36 Å². The molecule has 1 amide bonds. The molecule has 3 aromatic rings. The summed E-state index contributed by atoms with van der Waals surface area (Å²) in [5.74, 6) is -0.0819. The number of β-amino-alcohol motifs (C(OH)–C–C–N with tert-alkyl or cyclic N) is 1. The van der Waals surface area contributed by atoms with Crippen LogP contribution in [0.1, 0.15) is 16.8 Å². The zero-order chi connectivity index (χ0) is 17.3. The molecule has 2 aromatic heterocycles. The second-order valence-electron chi connectivity index (χ2n) is 6.30. The normalized spacial score (nSPS) is 20.1. The van der Waals surface area contributed by atoms with Crippen LogP contribution >= 0.6 is 0 Å². The van der Waals surface area contributed by atoms with Gasteiger partial charge in [0.15, 0.2) is 0 Å². The van der Waals surface area contributed by atoms with Crippen molar-refractivity contribution in [2.75, 3.05) is 13.1 Å². The molecule has 1 fully saturated rings. The summed E-state index contributed by atoms with van der Waals surface area (Å²) in [5, 5.41) is 22.5. The van der Waals surface area contributed by atoms with Crippen molar-refractivity contribution >= 4 is 5.91 Å². The molecule has 0 saturated carbocycles. The highest BCUT2D eigenvalue weighted by molar-refractivity contribution is 5.94. The molecule has 8 nitrogen and oxygen atoms in total. The predicted octanol–water partition coefficient (Wildman–Crippen LogP) is 0.741. The van der Waals surface area contributed by atoms with Crippen LogP contribution in [0.5, 0.6) is 0 Å². The van der Waals surface area contributed by atoms with Crippen LogP contribution in [-0.2, 0) is 6.54 Å². The van der Waals surface area contributed by atoms with Gasteiger partial charge >= 0.3 is 0 Å². The highest BCUT2D eigenvalue weighted by atomic mass is 16.3. The van der Waals surface area contributed by atoms with E-state index in [1.54, 1.807) is 45.0 Å². The lowest BCUT2D eigenvalue weighted by molar-refractivity contribution is 0.0267. The van der Waals surface area contributed by atoms with Gasteiger partial charge in [0, 0.05) is 30.7 Å². The van der Waals surface area contributed by atoms with Crippen molar-refractivity contribution in [3.63, 3.8) is 0 Å². The third-order valence-corrected chi connectivity index (χ3v) is 4.43. The Morgan fingerprint density at radius 2 is 2.04 bits per heavy atom. The fourth-order valence-corrected chi connectivity index (χ4v) is 3.14. The molecule has 1 aromatic carbocycles. The second kappa shape index (κ2) is 6.14. The maximum absolute atomic E-state index is 12.7. The fourth-order valence-electron chi connectivity index (χ4n) is 3.14. The van der Waals surface area contributed by atoms with E-state index in [2.05, 4.69) is 15.4 Å². The highest BCUT2D eigenvalue weighted by Crippen LogP contribution is 2.24. The Morgan fingerprint density at radius 3 is 2.72 bits per heavy atom. The molecule has 0 spiro atoms. The first kappa shape index (κ1) is 15.5. The summed E-state index contributed by atoms with van der Waals surface area (Å²) in [4.78, 5) is 14.4. The summed E-state index contributed by atoms with van der Waals surface area (Å²) < 4.78 is 3.33. The Bertz CT molecular complexity index is 844. The van der Waals surface area contributed by atoms with Crippen molar-refractivity contribution in [3.8, 4) is 5.69 Å². The Balaban J connectivity index is 1.44. The number of amides is 1. The molecule has 25 heavy (non-hydrogen) atoms. The molecule has 1 N–H and O–H groups in total. The van der Waals surface area contributed by atoms with Crippen LogP contribution in [0.4, 0.5) is 0 Å². The van der Waals surface area contributed by atoms with E-state index < -0.39 is 5.60 Å². The van der Waals surface area contributed by atoms with E-state index in [0.717, 1.165) is 5.69 Å². The minimum absolute atomic E-state index is 0.0819. The number of rotatable bonds is 4. The number of carbonyl (C=O) groups excluding carboxylic acids is 1. The summed E-state index contributed by atoms with van der Waals surface area (Å²) in [6.45, 7) is 1.13. The first-order valence-corrected chi connectivity index (χ1v) is 8.09. The molecule has 1 saturated heterocycles. The number of aliphatic hydroxyl groups is 1. The molecular formula is C17H18N6O2. The van der Waals surface area contributed by atoms with Crippen LogP contribution in [0.3, 0.4) is 0 Å². The average Bonchev–Trinajstić information content (AvgIpc) is 3.36. The molecule has 0 radical (unpaired) electrons. The summed E-state index contributed by atoms with van der Waals surface area (Å²) in [7, 11) is 0. The third-order valence-electron chi connectivity index (χ3n) is 4.43. The Labute approximate surface area is 144 Å². The number of hydrogen-bond acceptors (Lipinski definition) is 5. The summed E-state index contributed by atoms with van der Waals surface area (Å²) in [5.41, 5.74) is 0.518. The first-order valence-electron chi connectivity index (χ1n) is 8.09. The number of carbonyl (C=O) groups is 1. The predicted molar refractivity (Wildman–Crippen MR) is 89.1 cm³/mol. The molecule has 1 aliphatic rings. The van der Waals surface area contributed by atoms with Crippen molar-refractivity contribution in [2.45, 2.75) is 18.6 Å². The minimum Gasteiger partial charge on any atom is -0.386 e. The highest BCUT2D eigenvalue weighted by Gasteiger charge is 2.39. The van der Waals surface area contributed by atoms with Crippen molar-refractivity contribution in [1.82, 2.24) is 29.7 Å². The molecule has 1 unspecified atom stereocenters. The van der Waals surface area contributed by atoms with E-state index >= 15 is 0 Å². The van der Waals surface area contributed by atoms with Crippen LogP contribution in [0, 0.1) is 0 Å². The fraction of sp³-hybridized carbons (Fsp3) is 0.294. The van der Waals surface area contributed by atoms with Gasteiger partial charge in [-0.3, -0.25) is 4.79 Å². The number of hydrogen-bond donors (Lipinski definition) is 1. The lowest BCUT2D eigenvalue weighted by Gasteiger charge is -2.23. The Kier molecular flexibility index (Phi) is 3.81. The second-order valence-corrected chi connectivity index (χ2v) is 6.30. The lowest BCUT2D eigenvalue weighted by Crippen LogP contribution is -2.39. The number of nitrogens with zero attached hydrogens (tertiary/aromatic N) is 6. The monoisotopic (exact) mass is 338 g/mol. The quantitative estimate of drug-likeness (QED) is 0.758. The molecule has 8 heteroatoms. The van der Waals surface area contributed by atoms with E-state index in [4.69, 9.17) is 0 Å². The molecule has 3 heterocycles.